The Morgan fingerprint density at radius 3 is 2.51 bits per heavy atom. The maximum Gasteiger partial charge on any atom is 0.275 e. The second kappa shape index (κ2) is 8.83. The van der Waals surface area contributed by atoms with Crippen LogP contribution in [0.2, 0.25) is 0 Å². The van der Waals surface area contributed by atoms with Crippen molar-refractivity contribution in [2.24, 2.45) is 0 Å². The van der Waals surface area contributed by atoms with E-state index in [0.29, 0.717) is 17.3 Å². The maximum atomic E-state index is 12.9. The lowest BCUT2D eigenvalue weighted by molar-refractivity contribution is -0.384. The van der Waals surface area contributed by atoms with Crippen LogP contribution in [0.3, 0.4) is 0 Å². The fourth-order valence-corrected chi connectivity index (χ4v) is 4.44. The van der Waals surface area contributed by atoms with Gasteiger partial charge in [-0.25, -0.2) is 9.67 Å². The van der Waals surface area contributed by atoms with Gasteiger partial charge in [0.25, 0.3) is 5.69 Å². The first-order valence-electron chi connectivity index (χ1n) is 11.4. The average molecular weight is 472 g/mol. The normalized spacial score (nSPS) is 13.1. The van der Waals surface area contributed by atoms with Crippen LogP contribution in [0.1, 0.15) is 41.1 Å². The zero-order valence-electron chi connectivity index (χ0n) is 19.7. The molecule has 0 saturated heterocycles. The molecule has 0 aliphatic heterocycles. The molecule has 1 aliphatic carbocycles. The van der Waals surface area contributed by atoms with E-state index < -0.39 is 4.92 Å². The van der Waals surface area contributed by atoms with E-state index in [1.165, 1.54) is 17.7 Å². The molecule has 9 heteroatoms. The van der Waals surface area contributed by atoms with Crippen LogP contribution < -0.4 is 10.1 Å². The van der Waals surface area contributed by atoms with Gasteiger partial charge in [0, 0.05) is 23.7 Å². The first-order chi connectivity index (χ1) is 16.8. The number of hydrogen-bond acceptors (Lipinski definition) is 6. The van der Waals surface area contributed by atoms with Crippen LogP contribution in [0.15, 0.2) is 48.7 Å². The first-order valence-corrected chi connectivity index (χ1v) is 11.4. The maximum absolute atomic E-state index is 12.9. The van der Waals surface area contributed by atoms with Crippen molar-refractivity contribution in [2.75, 3.05) is 5.32 Å². The number of amides is 1. The molecule has 2 aromatic heterocycles. The molecule has 178 valence electrons. The number of pyridine rings is 1. The summed E-state index contributed by atoms with van der Waals surface area (Å²) >= 11 is 0. The van der Waals surface area contributed by atoms with E-state index in [2.05, 4.69) is 15.4 Å². The Hall–Kier alpha value is -4.27. The highest BCUT2D eigenvalue weighted by atomic mass is 16.6. The van der Waals surface area contributed by atoms with Gasteiger partial charge in [0.15, 0.2) is 5.65 Å². The molecule has 1 fully saturated rings. The fourth-order valence-electron chi connectivity index (χ4n) is 4.44. The van der Waals surface area contributed by atoms with Crippen LogP contribution >= 0.6 is 0 Å². The van der Waals surface area contributed by atoms with Gasteiger partial charge in [-0.1, -0.05) is 6.07 Å². The number of aromatic nitrogens is 3. The molecule has 0 bridgehead atoms. The number of carbonyl (C=O) groups is 1. The average Bonchev–Trinajstić information content (AvgIpc) is 3.58. The van der Waals surface area contributed by atoms with Crippen molar-refractivity contribution in [3.05, 3.63) is 81.2 Å². The van der Waals surface area contributed by atoms with E-state index in [4.69, 9.17) is 4.74 Å². The number of aryl methyl sites for hydroxylation is 3. The molecule has 35 heavy (non-hydrogen) atoms. The van der Waals surface area contributed by atoms with Gasteiger partial charge < -0.3 is 10.1 Å². The fraction of sp³-hybridized carbons (Fsp3) is 0.269. The van der Waals surface area contributed by atoms with Gasteiger partial charge in [0.2, 0.25) is 5.91 Å². The lowest BCUT2D eigenvalue weighted by atomic mass is 10.1. The minimum Gasteiger partial charge on any atom is -0.457 e. The van der Waals surface area contributed by atoms with Gasteiger partial charge in [0.1, 0.15) is 18.0 Å². The second-order valence-electron chi connectivity index (χ2n) is 9.06. The van der Waals surface area contributed by atoms with Crippen molar-refractivity contribution >= 4 is 28.3 Å². The number of nitrogens with one attached hydrogen (secondary N) is 1. The molecule has 2 heterocycles. The molecule has 0 spiro atoms. The third-order valence-electron chi connectivity index (χ3n) is 5.97. The summed E-state index contributed by atoms with van der Waals surface area (Å²) in [5.74, 6) is 0.990. The molecule has 1 amide bonds. The Morgan fingerprint density at radius 2 is 1.83 bits per heavy atom. The molecule has 0 atom stereocenters. The third kappa shape index (κ3) is 4.84. The standard InChI is InChI=1S/C26H25N5O4/c1-15-8-16(2)10-21(9-15)35-22-12-19(11-20(13-22)31(33)34)28-24(32)14-30-26-25(17(3)29-30)23(6-7-27-26)18-4-5-18/h6-13,18H,4-5,14H2,1-3H3,(H,28,32). The van der Waals surface area contributed by atoms with E-state index >= 15 is 0 Å². The van der Waals surface area contributed by atoms with Crippen molar-refractivity contribution in [1.82, 2.24) is 14.8 Å². The van der Waals surface area contributed by atoms with E-state index in [9.17, 15) is 14.9 Å². The summed E-state index contributed by atoms with van der Waals surface area (Å²) in [4.78, 5) is 28.3. The van der Waals surface area contributed by atoms with Gasteiger partial charge in [0.05, 0.1) is 22.4 Å². The SMILES string of the molecule is Cc1cc(C)cc(Oc2cc(NC(=O)Cn3nc(C)c4c(C5CC5)ccnc43)cc([N+](=O)[O-])c2)c1. The number of non-ortho nitro benzene ring substituents is 1. The number of rotatable bonds is 7. The highest BCUT2D eigenvalue weighted by Crippen LogP contribution is 2.43. The number of nitrogens with zero attached hydrogens (tertiary/aromatic N) is 4. The molecule has 4 aromatic rings. The Balaban J connectivity index is 1.39. The van der Waals surface area contributed by atoms with Crippen molar-refractivity contribution in [1.29, 1.82) is 0 Å². The predicted molar refractivity (Wildman–Crippen MR) is 132 cm³/mol. The van der Waals surface area contributed by atoms with Crippen LogP contribution in [0.4, 0.5) is 11.4 Å². The predicted octanol–water partition coefficient (Wildman–Crippen LogP) is 5.57. The first kappa shape index (κ1) is 22.5. The molecule has 1 aliphatic rings. The summed E-state index contributed by atoms with van der Waals surface area (Å²) in [6.45, 7) is 5.74. The molecular formula is C26H25N5O4. The lowest BCUT2D eigenvalue weighted by Crippen LogP contribution is -2.20. The quantitative estimate of drug-likeness (QED) is 0.278. The van der Waals surface area contributed by atoms with E-state index in [1.54, 1.807) is 16.9 Å². The number of hydrogen-bond donors (Lipinski definition) is 1. The Kier molecular flexibility index (Phi) is 5.68. The van der Waals surface area contributed by atoms with E-state index in [0.717, 1.165) is 35.0 Å². The van der Waals surface area contributed by atoms with Gasteiger partial charge in [-0.3, -0.25) is 14.9 Å². The number of fused-ring (bicyclic) bond motifs is 1. The van der Waals surface area contributed by atoms with Crippen LogP contribution in [0, 0.1) is 30.9 Å². The van der Waals surface area contributed by atoms with E-state index in [-0.39, 0.29) is 29.6 Å². The summed E-state index contributed by atoms with van der Waals surface area (Å²) < 4.78 is 7.47. The molecule has 9 nitrogen and oxygen atoms in total. The Labute approximate surface area is 201 Å². The summed E-state index contributed by atoms with van der Waals surface area (Å²) in [6, 6.07) is 11.9. The summed E-state index contributed by atoms with van der Waals surface area (Å²) in [7, 11) is 0. The summed E-state index contributed by atoms with van der Waals surface area (Å²) in [6.07, 6.45) is 4.07. The van der Waals surface area contributed by atoms with Crippen LogP contribution in [-0.4, -0.2) is 25.6 Å². The van der Waals surface area contributed by atoms with Crippen LogP contribution in [0.5, 0.6) is 11.5 Å². The largest absolute Gasteiger partial charge is 0.457 e. The smallest absolute Gasteiger partial charge is 0.275 e. The number of carbonyl (C=O) groups excluding carboxylic acids is 1. The van der Waals surface area contributed by atoms with Crippen molar-refractivity contribution in [2.45, 2.75) is 46.1 Å². The van der Waals surface area contributed by atoms with Crippen LogP contribution in [0.25, 0.3) is 11.0 Å². The number of anilines is 1. The number of ether oxygens (including phenoxy) is 1. The van der Waals surface area contributed by atoms with Crippen molar-refractivity contribution in [3.63, 3.8) is 0 Å². The Bertz CT molecular complexity index is 1450. The van der Waals surface area contributed by atoms with Gasteiger partial charge >= 0.3 is 0 Å². The third-order valence-corrected chi connectivity index (χ3v) is 5.97. The zero-order valence-corrected chi connectivity index (χ0v) is 19.7. The molecule has 1 saturated carbocycles. The van der Waals surface area contributed by atoms with Gasteiger partial charge in [-0.15, -0.1) is 0 Å². The Morgan fingerprint density at radius 1 is 1.11 bits per heavy atom. The van der Waals surface area contributed by atoms with Gasteiger partial charge in [-0.05, 0) is 74.4 Å². The molecule has 2 aromatic carbocycles. The van der Waals surface area contributed by atoms with Gasteiger partial charge in [-0.2, -0.15) is 5.10 Å². The monoisotopic (exact) mass is 471 g/mol. The van der Waals surface area contributed by atoms with Crippen LogP contribution in [-0.2, 0) is 11.3 Å². The number of nitro groups is 1. The minimum absolute atomic E-state index is 0.0680. The topological polar surface area (TPSA) is 112 Å². The molecule has 5 rings (SSSR count). The van der Waals surface area contributed by atoms with Crippen molar-refractivity contribution < 1.29 is 14.5 Å². The highest BCUT2D eigenvalue weighted by Gasteiger charge is 2.27. The minimum atomic E-state index is -0.516. The number of benzene rings is 2. The highest BCUT2D eigenvalue weighted by molar-refractivity contribution is 5.92. The summed E-state index contributed by atoms with van der Waals surface area (Å²) in [5, 5.41) is 19.8. The lowest BCUT2D eigenvalue weighted by Gasteiger charge is -2.11. The summed E-state index contributed by atoms with van der Waals surface area (Å²) in [5.41, 5.74) is 4.84. The second-order valence-corrected chi connectivity index (χ2v) is 9.06. The molecule has 0 unspecified atom stereocenters. The molecular weight excluding hydrogens is 446 g/mol. The van der Waals surface area contributed by atoms with E-state index in [1.807, 2.05) is 45.0 Å². The van der Waals surface area contributed by atoms with Crippen molar-refractivity contribution in [3.8, 4) is 11.5 Å². The number of nitro benzene ring substituents is 1. The molecule has 1 N–H and O–H groups in total. The molecule has 0 radical (unpaired) electrons. The zero-order chi connectivity index (χ0) is 24.7.